The van der Waals surface area contributed by atoms with E-state index in [0.29, 0.717) is 27.1 Å². The van der Waals surface area contributed by atoms with Crippen molar-refractivity contribution in [3.63, 3.8) is 0 Å². The summed E-state index contributed by atoms with van der Waals surface area (Å²) in [4.78, 5) is 32.0. The molecule has 0 saturated heterocycles. The minimum atomic E-state index is -0.581. The van der Waals surface area contributed by atoms with Gasteiger partial charge in [0.05, 0.1) is 29.6 Å². The van der Waals surface area contributed by atoms with Gasteiger partial charge in [-0.05, 0) is 6.07 Å². The Labute approximate surface area is 180 Å². The molecule has 3 aromatic rings. The first-order valence-corrected chi connectivity index (χ1v) is 10.3. The molecule has 0 fully saturated rings. The van der Waals surface area contributed by atoms with Crippen molar-refractivity contribution in [2.75, 3.05) is 45.1 Å². The first-order chi connectivity index (χ1) is 13.8. The van der Waals surface area contributed by atoms with Crippen molar-refractivity contribution in [2.24, 2.45) is 0 Å². The lowest BCUT2D eigenvalue weighted by Gasteiger charge is -2.13. The molecular formula is C18H18ClN3O5S2. The van der Waals surface area contributed by atoms with Gasteiger partial charge < -0.3 is 24.4 Å². The molecule has 1 N–H and O–H groups in total. The molecule has 0 aliphatic carbocycles. The van der Waals surface area contributed by atoms with Crippen molar-refractivity contribution in [1.29, 1.82) is 0 Å². The maximum absolute atomic E-state index is 12.3. The number of nitrogens with zero attached hydrogens (tertiary/aromatic N) is 2. The van der Waals surface area contributed by atoms with Gasteiger partial charge >= 0.3 is 5.97 Å². The largest absolute Gasteiger partial charge is 0.495 e. The number of nitrogens with one attached hydrogen (secondary N) is 1. The van der Waals surface area contributed by atoms with E-state index in [1.54, 1.807) is 6.07 Å². The number of methoxy groups -OCH3 is 2. The lowest BCUT2D eigenvalue weighted by atomic mass is 10.2. The lowest BCUT2D eigenvalue weighted by molar-refractivity contribution is -0.119. The highest BCUT2D eigenvalue weighted by molar-refractivity contribution is 7.29. The summed E-state index contributed by atoms with van der Waals surface area (Å²) in [6.45, 7) is -0.450. The molecule has 0 bridgehead atoms. The van der Waals surface area contributed by atoms with E-state index in [1.165, 1.54) is 49.0 Å². The average molecular weight is 456 g/mol. The molecule has 0 atom stereocenters. The van der Waals surface area contributed by atoms with Crippen molar-refractivity contribution in [2.45, 2.75) is 0 Å². The number of hydrogen-bond acceptors (Lipinski definition) is 9. The highest BCUT2D eigenvalue weighted by Crippen LogP contribution is 2.36. The number of anilines is 2. The summed E-state index contributed by atoms with van der Waals surface area (Å²) in [6, 6.07) is 4.77. The van der Waals surface area contributed by atoms with Gasteiger partial charge in [-0.2, -0.15) is 0 Å². The van der Waals surface area contributed by atoms with E-state index < -0.39 is 18.5 Å². The number of aromatic nitrogens is 1. The molecule has 0 aliphatic heterocycles. The second kappa shape index (κ2) is 8.85. The number of ether oxygens (including phenoxy) is 3. The fraction of sp³-hybridized carbons (Fsp3) is 0.278. The van der Waals surface area contributed by atoms with Gasteiger partial charge in [0.15, 0.2) is 11.7 Å². The number of thiazole rings is 1. The molecule has 154 valence electrons. The number of esters is 1. The van der Waals surface area contributed by atoms with Crippen molar-refractivity contribution in [3.8, 4) is 11.5 Å². The third-order valence-corrected chi connectivity index (χ3v) is 6.35. The molecule has 29 heavy (non-hydrogen) atoms. The van der Waals surface area contributed by atoms with Gasteiger partial charge in [-0.3, -0.25) is 4.79 Å². The fourth-order valence-corrected chi connectivity index (χ4v) is 4.62. The van der Waals surface area contributed by atoms with Crippen LogP contribution in [-0.4, -0.2) is 51.8 Å². The second-order valence-electron chi connectivity index (χ2n) is 5.98. The first-order valence-electron chi connectivity index (χ1n) is 8.28. The Bertz CT molecular complexity index is 1030. The van der Waals surface area contributed by atoms with Crippen LogP contribution in [0.2, 0.25) is 5.02 Å². The molecule has 0 spiro atoms. The van der Waals surface area contributed by atoms with Crippen LogP contribution in [0.5, 0.6) is 11.5 Å². The van der Waals surface area contributed by atoms with Gasteiger partial charge in [0.2, 0.25) is 0 Å². The number of carbonyl (C=O) groups excluding carboxylic acids is 2. The van der Waals surface area contributed by atoms with E-state index in [0.717, 1.165) is 14.7 Å². The highest BCUT2D eigenvalue weighted by atomic mass is 35.5. The normalized spacial score (nSPS) is 10.7. The summed E-state index contributed by atoms with van der Waals surface area (Å²) < 4.78 is 16.4. The fourth-order valence-electron chi connectivity index (χ4n) is 2.36. The standard InChI is InChI=1S/C18H18ClN3O5S2/c1-22(2)18-21-16-13(29-18)7-14(28-16)17(24)27-8-15(23)20-10-6-11(25-3)9(19)5-12(10)26-4/h5-7H,8H2,1-4H3,(H,20,23). The number of thiophene rings is 1. The van der Waals surface area contributed by atoms with Crippen LogP contribution in [-0.2, 0) is 9.53 Å². The van der Waals surface area contributed by atoms with Gasteiger partial charge in [0.1, 0.15) is 21.2 Å². The van der Waals surface area contributed by atoms with E-state index in [2.05, 4.69) is 10.3 Å². The number of fused-ring (bicyclic) bond motifs is 1. The topological polar surface area (TPSA) is 90.0 Å². The Morgan fingerprint density at radius 1 is 1.14 bits per heavy atom. The van der Waals surface area contributed by atoms with Crippen LogP contribution < -0.4 is 19.7 Å². The summed E-state index contributed by atoms with van der Waals surface area (Å²) in [5, 5.41) is 3.82. The zero-order valence-corrected chi connectivity index (χ0v) is 18.5. The molecule has 0 unspecified atom stereocenters. The van der Waals surface area contributed by atoms with Crippen LogP contribution in [0.15, 0.2) is 18.2 Å². The third-order valence-electron chi connectivity index (χ3n) is 3.74. The quantitative estimate of drug-likeness (QED) is 0.540. The van der Waals surface area contributed by atoms with Crippen molar-refractivity contribution in [1.82, 2.24) is 4.98 Å². The Morgan fingerprint density at radius 2 is 1.86 bits per heavy atom. The minimum absolute atomic E-state index is 0.345. The van der Waals surface area contributed by atoms with Gasteiger partial charge in [-0.1, -0.05) is 22.9 Å². The predicted octanol–water partition coefficient (Wildman–Crippen LogP) is 3.89. The average Bonchev–Trinajstić information content (AvgIpc) is 3.26. The number of rotatable bonds is 7. The van der Waals surface area contributed by atoms with Crippen molar-refractivity contribution >= 4 is 66.5 Å². The Morgan fingerprint density at radius 3 is 2.48 bits per heavy atom. The van der Waals surface area contributed by atoms with Crippen LogP contribution in [0.25, 0.3) is 9.53 Å². The van der Waals surface area contributed by atoms with E-state index in [1.807, 2.05) is 19.0 Å². The van der Waals surface area contributed by atoms with E-state index in [4.69, 9.17) is 25.8 Å². The first kappa shape index (κ1) is 21.2. The van der Waals surface area contributed by atoms with Crippen LogP contribution in [0.4, 0.5) is 10.8 Å². The molecule has 2 heterocycles. The predicted molar refractivity (Wildman–Crippen MR) is 115 cm³/mol. The number of halogens is 1. The second-order valence-corrected chi connectivity index (χ2v) is 8.43. The molecule has 11 heteroatoms. The molecule has 1 aromatic carbocycles. The molecule has 1 amide bonds. The Kier molecular flexibility index (Phi) is 6.46. The molecule has 0 saturated carbocycles. The van der Waals surface area contributed by atoms with Gasteiger partial charge in [-0.15, -0.1) is 11.3 Å². The molecular weight excluding hydrogens is 438 g/mol. The highest BCUT2D eigenvalue weighted by Gasteiger charge is 2.18. The van der Waals surface area contributed by atoms with Gasteiger partial charge in [0, 0.05) is 26.2 Å². The summed E-state index contributed by atoms with van der Waals surface area (Å²) in [5.41, 5.74) is 0.354. The lowest BCUT2D eigenvalue weighted by Crippen LogP contribution is -2.21. The monoisotopic (exact) mass is 455 g/mol. The van der Waals surface area contributed by atoms with Crippen LogP contribution in [0.3, 0.4) is 0 Å². The molecule has 3 rings (SSSR count). The van der Waals surface area contributed by atoms with E-state index in [-0.39, 0.29) is 0 Å². The number of carbonyl (C=O) groups is 2. The number of benzene rings is 1. The van der Waals surface area contributed by atoms with Crippen LogP contribution >= 0.6 is 34.3 Å². The van der Waals surface area contributed by atoms with Crippen molar-refractivity contribution < 1.29 is 23.8 Å². The van der Waals surface area contributed by atoms with Gasteiger partial charge in [-0.25, -0.2) is 9.78 Å². The number of hydrogen-bond donors (Lipinski definition) is 1. The van der Waals surface area contributed by atoms with Crippen LogP contribution in [0.1, 0.15) is 9.67 Å². The minimum Gasteiger partial charge on any atom is -0.495 e. The Balaban J connectivity index is 1.63. The van der Waals surface area contributed by atoms with Crippen molar-refractivity contribution in [3.05, 3.63) is 28.1 Å². The third kappa shape index (κ3) is 4.72. The van der Waals surface area contributed by atoms with E-state index >= 15 is 0 Å². The molecule has 8 nitrogen and oxygen atoms in total. The van der Waals surface area contributed by atoms with Crippen LogP contribution in [0, 0.1) is 0 Å². The molecule has 0 aliphatic rings. The maximum atomic E-state index is 12.3. The number of amides is 1. The maximum Gasteiger partial charge on any atom is 0.348 e. The summed E-state index contributed by atoms with van der Waals surface area (Å²) in [6.07, 6.45) is 0. The Hall–Kier alpha value is -2.56. The molecule has 2 aromatic heterocycles. The van der Waals surface area contributed by atoms with Gasteiger partial charge in [0.25, 0.3) is 5.91 Å². The van der Waals surface area contributed by atoms with E-state index in [9.17, 15) is 9.59 Å². The summed E-state index contributed by atoms with van der Waals surface area (Å²) in [5.74, 6) is -0.366. The SMILES string of the molecule is COc1cc(NC(=O)COC(=O)c2cc3sc(N(C)C)nc3s2)c(OC)cc1Cl. The summed E-state index contributed by atoms with van der Waals surface area (Å²) >= 11 is 8.75. The molecule has 0 radical (unpaired) electrons. The smallest absolute Gasteiger partial charge is 0.348 e. The zero-order valence-electron chi connectivity index (χ0n) is 16.1. The zero-order chi connectivity index (χ0) is 21.1. The summed E-state index contributed by atoms with van der Waals surface area (Å²) in [7, 11) is 6.72.